The van der Waals surface area contributed by atoms with E-state index in [9.17, 15) is 4.79 Å². The van der Waals surface area contributed by atoms with E-state index in [1.54, 1.807) is 7.11 Å². The van der Waals surface area contributed by atoms with Crippen molar-refractivity contribution in [1.29, 1.82) is 0 Å². The molecule has 3 aromatic rings. The fraction of sp³-hybridized carbons (Fsp3) is 0.318. The van der Waals surface area contributed by atoms with Gasteiger partial charge >= 0.3 is 0 Å². The van der Waals surface area contributed by atoms with Crippen molar-refractivity contribution in [3.63, 3.8) is 0 Å². The van der Waals surface area contributed by atoms with Crippen LogP contribution in [0.5, 0.6) is 5.75 Å². The Kier molecular flexibility index (Phi) is 4.65. The van der Waals surface area contributed by atoms with Crippen molar-refractivity contribution >= 4 is 16.8 Å². The average Bonchev–Trinajstić information content (AvgIpc) is 3.06. The number of H-pyrrole nitrogens is 1. The van der Waals surface area contributed by atoms with Gasteiger partial charge in [-0.15, -0.1) is 0 Å². The molecule has 4 nitrogen and oxygen atoms in total. The molecular formula is C22H24N2O2. The summed E-state index contributed by atoms with van der Waals surface area (Å²) in [5.41, 5.74) is 4.79. The third-order valence-electron chi connectivity index (χ3n) is 5.23. The molecule has 1 aliphatic carbocycles. The smallest absolute Gasteiger partial charge is 0.220 e. The Balaban J connectivity index is 1.49. The Morgan fingerprint density at radius 1 is 1.23 bits per heavy atom. The molecule has 1 unspecified atom stereocenters. The lowest BCUT2D eigenvalue weighted by molar-refractivity contribution is -0.121. The molecule has 0 aliphatic heterocycles. The molecule has 4 rings (SSSR count). The number of aryl methyl sites for hydroxylation is 2. The van der Waals surface area contributed by atoms with Crippen molar-refractivity contribution in [2.45, 2.75) is 38.1 Å². The minimum Gasteiger partial charge on any atom is -0.497 e. The number of carbonyl (C=O) groups excluding carboxylic acids is 1. The second-order valence-electron chi connectivity index (χ2n) is 6.93. The van der Waals surface area contributed by atoms with Gasteiger partial charge in [0.1, 0.15) is 5.75 Å². The molecule has 134 valence electrons. The van der Waals surface area contributed by atoms with Gasteiger partial charge in [0.2, 0.25) is 5.91 Å². The standard InChI is InChI=1S/C22H24N2O2/c1-26-16-11-12-19-18(14-16)17-8-5-9-20(22(17)24-19)23-21(25)13-10-15-6-3-2-4-7-15/h2-4,6-7,11-12,14,20,24H,5,8-10,13H2,1H3,(H,23,25). The molecule has 1 amide bonds. The number of nitrogens with one attached hydrogen (secondary N) is 2. The van der Waals surface area contributed by atoms with Gasteiger partial charge in [-0.25, -0.2) is 0 Å². The zero-order valence-electron chi connectivity index (χ0n) is 15.0. The quantitative estimate of drug-likeness (QED) is 0.722. The number of aromatic amines is 1. The summed E-state index contributed by atoms with van der Waals surface area (Å²) in [4.78, 5) is 16.0. The second kappa shape index (κ2) is 7.24. The highest BCUT2D eigenvalue weighted by atomic mass is 16.5. The first-order valence-corrected chi connectivity index (χ1v) is 9.26. The van der Waals surface area contributed by atoms with Crippen LogP contribution >= 0.6 is 0 Å². The zero-order valence-corrected chi connectivity index (χ0v) is 15.0. The van der Waals surface area contributed by atoms with Gasteiger partial charge < -0.3 is 15.0 Å². The molecule has 1 aromatic heterocycles. The Hall–Kier alpha value is -2.75. The fourth-order valence-electron chi connectivity index (χ4n) is 3.88. The summed E-state index contributed by atoms with van der Waals surface area (Å²) >= 11 is 0. The number of benzene rings is 2. The van der Waals surface area contributed by atoms with Crippen molar-refractivity contribution in [2.75, 3.05) is 7.11 Å². The molecular weight excluding hydrogens is 324 g/mol. The number of carbonyl (C=O) groups is 1. The maximum Gasteiger partial charge on any atom is 0.220 e. The van der Waals surface area contributed by atoms with Crippen molar-refractivity contribution < 1.29 is 9.53 Å². The number of hydrogen-bond donors (Lipinski definition) is 2. The van der Waals surface area contributed by atoms with E-state index in [1.807, 2.05) is 24.3 Å². The summed E-state index contributed by atoms with van der Waals surface area (Å²) in [5.74, 6) is 0.983. The van der Waals surface area contributed by atoms with Crippen LogP contribution in [0.25, 0.3) is 10.9 Å². The highest BCUT2D eigenvalue weighted by molar-refractivity contribution is 5.87. The highest BCUT2D eigenvalue weighted by Crippen LogP contribution is 2.36. The van der Waals surface area contributed by atoms with Crippen LogP contribution in [0.15, 0.2) is 48.5 Å². The number of hydrogen-bond acceptors (Lipinski definition) is 2. The molecule has 0 saturated carbocycles. The SMILES string of the molecule is COc1ccc2[nH]c3c(c2c1)CCCC3NC(=O)CCc1ccccc1. The molecule has 2 aromatic carbocycles. The molecule has 1 atom stereocenters. The normalized spacial score (nSPS) is 16.3. The first-order valence-electron chi connectivity index (χ1n) is 9.26. The summed E-state index contributed by atoms with van der Waals surface area (Å²) in [6.45, 7) is 0. The number of amides is 1. The van der Waals surface area contributed by atoms with Crippen LogP contribution in [0.3, 0.4) is 0 Å². The van der Waals surface area contributed by atoms with E-state index >= 15 is 0 Å². The first-order chi connectivity index (χ1) is 12.7. The van der Waals surface area contributed by atoms with Crippen molar-refractivity contribution in [2.24, 2.45) is 0 Å². The first kappa shape index (κ1) is 16.7. The molecule has 1 aliphatic rings. The Bertz CT molecular complexity index is 915. The maximum atomic E-state index is 12.5. The van der Waals surface area contributed by atoms with Crippen molar-refractivity contribution in [3.05, 3.63) is 65.4 Å². The van der Waals surface area contributed by atoms with Gasteiger partial charge in [-0.05, 0) is 55.0 Å². The van der Waals surface area contributed by atoms with Crippen molar-refractivity contribution in [1.82, 2.24) is 10.3 Å². The lowest BCUT2D eigenvalue weighted by Gasteiger charge is -2.24. The Morgan fingerprint density at radius 3 is 2.88 bits per heavy atom. The molecule has 1 heterocycles. The average molecular weight is 348 g/mol. The maximum absolute atomic E-state index is 12.5. The molecule has 0 spiro atoms. The number of ether oxygens (including phenoxy) is 1. The van der Waals surface area contributed by atoms with Gasteiger partial charge in [-0.1, -0.05) is 30.3 Å². The minimum atomic E-state index is 0.0698. The van der Waals surface area contributed by atoms with Gasteiger partial charge in [0, 0.05) is 23.0 Å². The third-order valence-corrected chi connectivity index (χ3v) is 5.23. The fourth-order valence-corrected chi connectivity index (χ4v) is 3.88. The zero-order chi connectivity index (χ0) is 17.9. The van der Waals surface area contributed by atoms with Crippen LogP contribution in [0, 0.1) is 0 Å². The number of aromatic nitrogens is 1. The Labute approximate surface area is 153 Å². The van der Waals surface area contributed by atoms with Gasteiger partial charge in [0.05, 0.1) is 13.2 Å². The molecule has 26 heavy (non-hydrogen) atoms. The van der Waals surface area contributed by atoms with Crippen LogP contribution in [-0.2, 0) is 17.6 Å². The minimum absolute atomic E-state index is 0.0698. The number of rotatable bonds is 5. The highest BCUT2D eigenvalue weighted by Gasteiger charge is 2.25. The molecule has 0 fully saturated rings. The molecule has 0 radical (unpaired) electrons. The topological polar surface area (TPSA) is 54.1 Å². The molecule has 0 saturated heterocycles. The van der Waals surface area contributed by atoms with Crippen LogP contribution in [0.1, 0.15) is 42.1 Å². The number of fused-ring (bicyclic) bond motifs is 3. The monoisotopic (exact) mass is 348 g/mol. The third kappa shape index (κ3) is 3.32. The second-order valence-corrected chi connectivity index (χ2v) is 6.93. The van der Waals surface area contributed by atoms with Crippen LogP contribution in [0.4, 0.5) is 0 Å². The predicted octanol–water partition coefficient (Wildman–Crippen LogP) is 4.30. The summed E-state index contributed by atoms with van der Waals surface area (Å²) in [6.07, 6.45) is 4.40. The van der Waals surface area contributed by atoms with E-state index in [1.165, 1.54) is 16.5 Å². The molecule has 4 heteroatoms. The van der Waals surface area contributed by atoms with Gasteiger partial charge in [0.15, 0.2) is 0 Å². The van der Waals surface area contributed by atoms with Crippen LogP contribution < -0.4 is 10.1 Å². The summed E-state index contributed by atoms with van der Waals surface area (Å²) < 4.78 is 5.36. The van der Waals surface area contributed by atoms with E-state index < -0.39 is 0 Å². The number of methoxy groups -OCH3 is 1. The summed E-state index contributed by atoms with van der Waals surface area (Å²) in [7, 11) is 1.69. The van der Waals surface area contributed by atoms with Gasteiger partial charge in [0.25, 0.3) is 0 Å². The summed E-state index contributed by atoms with van der Waals surface area (Å²) in [6, 6.07) is 16.3. The molecule has 0 bridgehead atoms. The lowest BCUT2D eigenvalue weighted by atomic mass is 9.91. The van der Waals surface area contributed by atoms with E-state index in [4.69, 9.17) is 4.74 Å². The Morgan fingerprint density at radius 2 is 2.08 bits per heavy atom. The summed E-state index contributed by atoms with van der Waals surface area (Å²) in [5, 5.41) is 4.44. The van der Waals surface area contributed by atoms with E-state index in [-0.39, 0.29) is 11.9 Å². The predicted molar refractivity (Wildman–Crippen MR) is 103 cm³/mol. The van der Waals surface area contributed by atoms with E-state index in [0.717, 1.165) is 42.6 Å². The van der Waals surface area contributed by atoms with Crippen LogP contribution in [0.2, 0.25) is 0 Å². The lowest BCUT2D eigenvalue weighted by Crippen LogP contribution is -2.31. The van der Waals surface area contributed by atoms with Crippen molar-refractivity contribution in [3.8, 4) is 5.75 Å². The van der Waals surface area contributed by atoms with Gasteiger partial charge in [-0.3, -0.25) is 4.79 Å². The van der Waals surface area contributed by atoms with E-state index in [2.05, 4.69) is 34.6 Å². The van der Waals surface area contributed by atoms with E-state index in [0.29, 0.717) is 6.42 Å². The van der Waals surface area contributed by atoms with Gasteiger partial charge in [-0.2, -0.15) is 0 Å². The van der Waals surface area contributed by atoms with Crippen LogP contribution in [-0.4, -0.2) is 18.0 Å². The largest absolute Gasteiger partial charge is 0.497 e. The molecule has 2 N–H and O–H groups in total.